The van der Waals surface area contributed by atoms with E-state index < -0.39 is 22.2 Å². The van der Waals surface area contributed by atoms with Gasteiger partial charge in [0.2, 0.25) is 0 Å². The van der Waals surface area contributed by atoms with E-state index in [9.17, 15) is 18.3 Å². The van der Waals surface area contributed by atoms with Crippen molar-refractivity contribution in [2.24, 2.45) is 0 Å². The van der Waals surface area contributed by atoms with Crippen LogP contribution in [0.4, 0.5) is 0 Å². The van der Waals surface area contributed by atoms with E-state index in [2.05, 4.69) is 4.18 Å². The summed E-state index contributed by atoms with van der Waals surface area (Å²) in [5.74, 6) is -1.06. The first kappa shape index (κ1) is 18.1. The molecule has 7 heteroatoms. The van der Waals surface area contributed by atoms with E-state index in [-0.39, 0.29) is 29.1 Å². The number of rotatable bonds is 7. The molecule has 1 atom stereocenters. The Morgan fingerprint density at radius 2 is 1.67 bits per heavy atom. The Kier molecular flexibility index (Phi) is 6.08. The second-order valence-corrected chi connectivity index (χ2v) is 6.65. The third-order valence-electron chi connectivity index (χ3n) is 3.39. The molecule has 0 amide bonds. The molecule has 0 aliphatic carbocycles. The van der Waals surface area contributed by atoms with Crippen LogP contribution < -0.4 is 0 Å². The fraction of sp³-hybridized carbons (Fsp3) is 0.235. The number of hydrogen-bond acceptors (Lipinski definition) is 6. The molecule has 0 fully saturated rings. The van der Waals surface area contributed by atoms with E-state index in [4.69, 9.17) is 5.11 Å². The molecule has 0 bridgehead atoms. The van der Waals surface area contributed by atoms with Gasteiger partial charge in [-0.1, -0.05) is 36.4 Å². The molecule has 24 heavy (non-hydrogen) atoms. The van der Waals surface area contributed by atoms with Gasteiger partial charge in [-0.05, 0) is 36.6 Å². The Balaban J connectivity index is 2.24. The van der Waals surface area contributed by atoms with Crippen LogP contribution in [0, 0.1) is 0 Å². The van der Waals surface area contributed by atoms with E-state index in [0.29, 0.717) is 6.42 Å². The predicted molar refractivity (Wildman–Crippen MR) is 86.8 cm³/mol. The topological polar surface area (TPSA) is 101 Å². The molecule has 2 rings (SSSR count). The third kappa shape index (κ3) is 4.41. The summed E-state index contributed by atoms with van der Waals surface area (Å²) in [6.45, 7) is -0.0912. The maximum atomic E-state index is 12.3. The van der Waals surface area contributed by atoms with Gasteiger partial charge in [0.15, 0.2) is 0 Å². The number of aliphatic hydroxyl groups is 2. The third-order valence-corrected chi connectivity index (χ3v) is 4.61. The lowest BCUT2D eigenvalue weighted by molar-refractivity contribution is 0.0737. The molecule has 1 unspecified atom stereocenters. The summed E-state index contributed by atoms with van der Waals surface area (Å²) in [6, 6.07) is 13.4. The van der Waals surface area contributed by atoms with Crippen LogP contribution in [0.3, 0.4) is 0 Å². The molecule has 6 nitrogen and oxygen atoms in total. The van der Waals surface area contributed by atoms with Crippen molar-refractivity contribution >= 4 is 16.1 Å². The summed E-state index contributed by atoms with van der Waals surface area (Å²) in [6.07, 6.45) is -0.403. The molecule has 0 aliphatic heterocycles. The minimum atomic E-state index is -4.24. The Morgan fingerprint density at radius 3 is 2.33 bits per heavy atom. The molecule has 0 saturated carbocycles. The van der Waals surface area contributed by atoms with E-state index >= 15 is 0 Å². The normalized spacial score (nSPS) is 12.6. The summed E-state index contributed by atoms with van der Waals surface area (Å²) in [7, 11) is -4.24. The van der Waals surface area contributed by atoms with Gasteiger partial charge in [0.1, 0.15) is 4.90 Å². The van der Waals surface area contributed by atoms with Crippen molar-refractivity contribution in [2.75, 3.05) is 6.61 Å². The van der Waals surface area contributed by atoms with Crippen LogP contribution in [0.1, 0.15) is 34.9 Å². The van der Waals surface area contributed by atoms with Crippen LogP contribution in [0.2, 0.25) is 0 Å². The zero-order valence-electron chi connectivity index (χ0n) is 12.8. The molecule has 0 aliphatic rings. The summed E-state index contributed by atoms with van der Waals surface area (Å²) in [5, 5.41) is 19.0. The predicted octanol–water partition coefficient (Wildman–Crippen LogP) is 2.04. The molecule has 2 N–H and O–H groups in total. The lowest BCUT2D eigenvalue weighted by atomic mass is 9.99. The van der Waals surface area contributed by atoms with Crippen LogP contribution >= 0.6 is 0 Å². The molecule has 2 aromatic carbocycles. The average Bonchev–Trinajstić information content (AvgIpc) is 2.60. The summed E-state index contributed by atoms with van der Waals surface area (Å²) in [5.41, 5.74) is 0.238. The molecule has 0 saturated heterocycles. The van der Waals surface area contributed by atoms with Gasteiger partial charge in [-0.25, -0.2) is 4.79 Å². The Bertz CT molecular complexity index is 786. The minimum Gasteiger partial charge on any atom is -0.396 e. The Hall–Kier alpha value is -2.22. The van der Waals surface area contributed by atoms with E-state index in [1.165, 1.54) is 36.4 Å². The second kappa shape index (κ2) is 8.05. The molecule has 0 heterocycles. The molecular weight excluding hydrogens is 332 g/mol. The van der Waals surface area contributed by atoms with Gasteiger partial charge in [-0.3, -0.25) is 0 Å². The van der Waals surface area contributed by atoms with E-state index in [1.54, 1.807) is 18.2 Å². The second-order valence-electron chi connectivity index (χ2n) is 5.11. The summed E-state index contributed by atoms with van der Waals surface area (Å²) in [4.78, 5) is 12.1. The number of carbonyl (C=O) groups excluding carboxylic acids is 1. The van der Waals surface area contributed by atoms with Crippen LogP contribution in [0.25, 0.3) is 0 Å². The molecule has 0 spiro atoms. The quantitative estimate of drug-likeness (QED) is 0.741. The Labute approximate surface area is 140 Å². The van der Waals surface area contributed by atoms with Gasteiger partial charge in [0.25, 0.3) is 0 Å². The average molecular weight is 350 g/mol. The van der Waals surface area contributed by atoms with Gasteiger partial charge < -0.3 is 14.4 Å². The first-order valence-corrected chi connectivity index (χ1v) is 8.78. The summed E-state index contributed by atoms with van der Waals surface area (Å²) < 4.78 is 28.9. The molecule has 0 aromatic heterocycles. The van der Waals surface area contributed by atoms with Crippen LogP contribution in [-0.2, 0) is 14.3 Å². The van der Waals surface area contributed by atoms with Gasteiger partial charge in [-0.15, -0.1) is 0 Å². The SMILES string of the molecule is O=C(OS(=O)(=O)c1ccccc1)c1ccccc1C(O)CCCO. The van der Waals surface area contributed by atoms with Crippen molar-refractivity contribution in [3.63, 3.8) is 0 Å². The largest absolute Gasteiger partial charge is 0.396 e. The van der Waals surface area contributed by atoms with Crippen molar-refractivity contribution < 1.29 is 27.6 Å². The zero-order valence-corrected chi connectivity index (χ0v) is 13.6. The standard InChI is InChI=1S/C17H18O6S/c18-12-6-11-16(19)14-9-4-5-10-15(14)17(20)23-24(21,22)13-7-2-1-3-8-13/h1-5,7-10,16,18-19H,6,11-12H2. The first-order chi connectivity index (χ1) is 11.5. The van der Waals surface area contributed by atoms with Crippen molar-refractivity contribution in [1.29, 1.82) is 0 Å². The lowest BCUT2D eigenvalue weighted by Gasteiger charge is -2.14. The van der Waals surface area contributed by atoms with Crippen molar-refractivity contribution in [3.05, 3.63) is 65.7 Å². The fourth-order valence-electron chi connectivity index (χ4n) is 2.19. The number of hydrogen-bond donors (Lipinski definition) is 2. The lowest BCUT2D eigenvalue weighted by Crippen LogP contribution is -2.16. The number of carbonyl (C=O) groups is 1. The molecule has 128 valence electrons. The first-order valence-electron chi connectivity index (χ1n) is 7.37. The number of benzene rings is 2. The van der Waals surface area contributed by atoms with Crippen LogP contribution in [0.5, 0.6) is 0 Å². The van der Waals surface area contributed by atoms with Gasteiger partial charge in [-0.2, -0.15) is 8.42 Å². The smallest absolute Gasteiger partial charge is 0.354 e. The highest BCUT2D eigenvalue weighted by Crippen LogP contribution is 2.24. The Morgan fingerprint density at radius 1 is 1.04 bits per heavy atom. The molecular formula is C17H18O6S. The minimum absolute atomic E-state index is 0.0255. The highest BCUT2D eigenvalue weighted by molar-refractivity contribution is 7.87. The van der Waals surface area contributed by atoms with Crippen molar-refractivity contribution in [3.8, 4) is 0 Å². The fourth-order valence-corrected chi connectivity index (χ4v) is 3.07. The van der Waals surface area contributed by atoms with Crippen LogP contribution in [-0.4, -0.2) is 31.2 Å². The maximum Gasteiger partial charge on any atom is 0.354 e. The van der Waals surface area contributed by atoms with E-state index in [0.717, 1.165) is 0 Å². The number of aliphatic hydroxyl groups excluding tert-OH is 2. The zero-order chi connectivity index (χ0) is 17.6. The molecule has 0 radical (unpaired) electrons. The monoisotopic (exact) mass is 350 g/mol. The maximum absolute atomic E-state index is 12.3. The summed E-state index contributed by atoms with van der Waals surface area (Å²) >= 11 is 0. The molecule has 2 aromatic rings. The highest BCUT2D eigenvalue weighted by atomic mass is 32.2. The van der Waals surface area contributed by atoms with Gasteiger partial charge in [0.05, 0.1) is 11.7 Å². The van der Waals surface area contributed by atoms with Crippen molar-refractivity contribution in [1.82, 2.24) is 0 Å². The van der Waals surface area contributed by atoms with Gasteiger partial charge in [0, 0.05) is 6.61 Å². The van der Waals surface area contributed by atoms with E-state index in [1.807, 2.05) is 0 Å². The highest BCUT2D eigenvalue weighted by Gasteiger charge is 2.24. The van der Waals surface area contributed by atoms with Gasteiger partial charge >= 0.3 is 16.1 Å². The van der Waals surface area contributed by atoms with Crippen molar-refractivity contribution in [2.45, 2.75) is 23.8 Å². The van der Waals surface area contributed by atoms with Crippen LogP contribution in [0.15, 0.2) is 59.5 Å².